The topological polar surface area (TPSA) is 82.3 Å². The van der Waals surface area contributed by atoms with Crippen LogP contribution in [-0.2, 0) is 11.2 Å². The first-order chi connectivity index (χ1) is 13.0. The Bertz CT molecular complexity index is 858. The van der Waals surface area contributed by atoms with Crippen LogP contribution >= 0.6 is 15.9 Å². The van der Waals surface area contributed by atoms with Crippen molar-refractivity contribution < 1.29 is 14.6 Å². The van der Waals surface area contributed by atoms with Gasteiger partial charge in [-0.3, -0.25) is 4.79 Å². The van der Waals surface area contributed by atoms with Crippen molar-refractivity contribution in [2.45, 2.75) is 19.8 Å². The standard InChI is InChI=1S/C21H21BrN2O3/c1-2-27-20-12-16(18(22)13-19(20)25)11-17(14-23)21(26)24-10-6-9-15-7-4-3-5-8-15/h3-5,7-8,11-13,25H,2,6,9-10H2,1H3,(H,24,26)/b17-11-. The molecule has 0 radical (unpaired) electrons. The van der Waals surface area contributed by atoms with Gasteiger partial charge in [0.05, 0.1) is 6.61 Å². The lowest BCUT2D eigenvalue weighted by Crippen LogP contribution is -2.25. The number of nitrogens with one attached hydrogen (secondary N) is 1. The van der Waals surface area contributed by atoms with Crippen molar-refractivity contribution in [3.8, 4) is 17.6 Å². The van der Waals surface area contributed by atoms with Gasteiger partial charge in [-0.1, -0.05) is 46.3 Å². The van der Waals surface area contributed by atoms with Crippen LogP contribution in [0.15, 0.2) is 52.5 Å². The van der Waals surface area contributed by atoms with Crippen molar-refractivity contribution in [3.05, 3.63) is 63.6 Å². The molecule has 0 atom stereocenters. The number of aromatic hydroxyl groups is 1. The molecule has 2 N–H and O–H groups in total. The van der Waals surface area contributed by atoms with E-state index in [2.05, 4.69) is 21.2 Å². The van der Waals surface area contributed by atoms with E-state index < -0.39 is 5.91 Å². The molecule has 0 saturated heterocycles. The largest absolute Gasteiger partial charge is 0.504 e. The van der Waals surface area contributed by atoms with Gasteiger partial charge in [-0.2, -0.15) is 5.26 Å². The molecule has 0 spiro atoms. The van der Waals surface area contributed by atoms with Crippen molar-refractivity contribution in [1.29, 1.82) is 5.26 Å². The highest BCUT2D eigenvalue weighted by Gasteiger charge is 2.12. The maximum atomic E-state index is 12.3. The number of ether oxygens (including phenoxy) is 1. The molecule has 0 fully saturated rings. The second-order valence-corrected chi connectivity index (χ2v) is 6.64. The van der Waals surface area contributed by atoms with E-state index in [1.54, 1.807) is 13.0 Å². The molecule has 0 unspecified atom stereocenters. The Kier molecular flexibility index (Phi) is 7.90. The fourth-order valence-electron chi connectivity index (χ4n) is 2.48. The number of halogens is 1. The number of aryl methyl sites for hydroxylation is 1. The molecule has 0 aliphatic carbocycles. The van der Waals surface area contributed by atoms with E-state index in [4.69, 9.17) is 4.74 Å². The summed E-state index contributed by atoms with van der Waals surface area (Å²) >= 11 is 3.33. The van der Waals surface area contributed by atoms with Crippen LogP contribution in [0.2, 0.25) is 0 Å². The van der Waals surface area contributed by atoms with Crippen LogP contribution in [0.25, 0.3) is 6.08 Å². The van der Waals surface area contributed by atoms with Crippen LogP contribution < -0.4 is 10.1 Å². The average molecular weight is 429 g/mol. The van der Waals surface area contributed by atoms with Gasteiger partial charge in [0.2, 0.25) is 0 Å². The lowest BCUT2D eigenvalue weighted by atomic mass is 10.1. The Labute approximate surface area is 167 Å². The number of hydrogen-bond donors (Lipinski definition) is 2. The van der Waals surface area contributed by atoms with E-state index in [1.165, 1.54) is 17.7 Å². The third-order valence-electron chi connectivity index (χ3n) is 3.81. The first-order valence-corrected chi connectivity index (χ1v) is 9.43. The zero-order chi connectivity index (χ0) is 19.6. The number of phenolic OH excluding ortho intramolecular Hbond substituents is 1. The van der Waals surface area contributed by atoms with Gasteiger partial charge < -0.3 is 15.2 Å². The van der Waals surface area contributed by atoms with Gasteiger partial charge in [-0.05, 0) is 49.1 Å². The van der Waals surface area contributed by atoms with Gasteiger partial charge in [0.25, 0.3) is 5.91 Å². The Morgan fingerprint density at radius 1 is 1.33 bits per heavy atom. The fraction of sp³-hybridized carbons (Fsp3) is 0.238. The first kappa shape index (κ1) is 20.5. The number of carbonyl (C=O) groups excluding carboxylic acids is 1. The second kappa shape index (κ2) is 10.4. The summed E-state index contributed by atoms with van der Waals surface area (Å²) in [5.74, 6) is -0.138. The molecule has 6 heteroatoms. The molecule has 0 aliphatic heterocycles. The number of rotatable bonds is 8. The summed E-state index contributed by atoms with van der Waals surface area (Å²) in [6.07, 6.45) is 3.11. The Morgan fingerprint density at radius 2 is 2.07 bits per heavy atom. The molecular formula is C21H21BrN2O3. The van der Waals surface area contributed by atoms with E-state index in [0.717, 1.165) is 12.8 Å². The minimum atomic E-state index is -0.427. The van der Waals surface area contributed by atoms with Crippen molar-refractivity contribution in [2.75, 3.05) is 13.2 Å². The zero-order valence-electron chi connectivity index (χ0n) is 15.0. The third kappa shape index (κ3) is 6.15. The van der Waals surface area contributed by atoms with Crippen LogP contribution in [0.5, 0.6) is 11.5 Å². The quantitative estimate of drug-likeness (QED) is 0.374. The number of carbonyl (C=O) groups is 1. The van der Waals surface area contributed by atoms with Crippen molar-refractivity contribution in [1.82, 2.24) is 5.32 Å². The minimum absolute atomic E-state index is 0.00949. The molecule has 1 amide bonds. The Balaban J connectivity index is 2.01. The van der Waals surface area contributed by atoms with Gasteiger partial charge in [0.1, 0.15) is 11.6 Å². The molecule has 0 saturated carbocycles. The van der Waals surface area contributed by atoms with E-state index in [-0.39, 0.29) is 11.3 Å². The molecule has 0 aromatic heterocycles. The highest BCUT2D eigenvalue weighted by molar-refractivity contribution is 9.10. The van der Waals surface area contributed by atoms with Crippen LogP contribution in [0.3, 0.4) is 0 Å². The monoisotopic (exact) mass is 428 g/mol. The molecule has 0 bridgehead atoms. The number of phenols is 1. The molecule has 27 heavy (non-hydrogen) atoms. The highest BCUT2D eigenvalue weighted by atomic mass is 79.9. The van der Waals surface area contributed by atoms with Gasteiger partial charge >= 0.3 is 0 Å². The number of nitrogens with zero attached hydrogens (tertiary/aromatic N) is 1. The Morgan fingerprint density at radius 3 is 2.74 bits per heavy atom. The first-order valence-electron chi connectivity index (χ1n) is 8.64. The van der Waals surface area contributed by atoms with Crippen molar-refractivity contribution >= 4 is 27.9 Å². The molecule has 2 aromatic rings. The maximum absolute atomic E-state index is 12.3. The molecule has 0 heterocycles. The predicted octanol–water partition coefficient (Wildman–Crippen LogP) is 4.21. The lowest BCUT2D eigenvalue weighted by molar-refractivity contribution is -0.117. The summed E-state index contributed by atoms with van der Waals surface area (Å²) in [6, 6.07) is 15.0. The number of benzene rings is 2. The van der Waals surface area contributed by atoms with Gasteiger partial charge in [-0.15, -0.1) is 0 Å². The van der Waals surface area contributed by atoms with Crippen LogP contribution in [-0.4, -0.2) is 24.2 Å². The Hall–Kier alpha value is -2.78. The second-order valence-electron chi connectivity index (χ2n) is 5.79. The summed E-state index contributed by atoms with van der Waals surface area (Å²) in [5, 5.41) is 22.0. The third-order valence-corrected chi connectivity index (χ3v) is 4.50. The average Bonchev–Trinajstić information content (AvgIpc) is 2.67. The highest BCUT2D eigenvalue weighted by Crippen LogP contribution is 2.33. The van der Waals surface area contributed by atoms with Gasteiger partial charge in [0, 0.05) is 11.0 Å². The van der Waals surface area contributed by atoms with Gasteiger partial charge in [-0.25, -0.2) is 0 Å². The van der Waals surface area contributed by atoms with Crippen LogP contribution in [0.1, 0.15) is 24.5 Å². The minimum Gasteiger partial charge on any atom is -0.504 e. The number of hydrogen-bond acceptors (Lipinski definition) is 4. The van der Waals surface area contributed by atoms with Crippen molar-refractivity contribution in [3.63, 3.8) is 0 Å². The summed E-state index contributed by atoms with van der Waals surface area (Å²) in [7, 11) is 0. The molecule has 2 aromatic carbocycles. The van der Waals surface area contributed by atoms with Crippen molar-refractivity contribution in [2.24, 2.45) is 0 Å². The zero-order valence-corrected chi connectivity index (χ0v) is 16.6. The lowest BCUT2D eigenvalue weighted by Gasteiger charge is -2.09. The molecule has 2 rings (SSSR count). The summed E-state index contributed by atoms with van der Waals surface area (Å²) < 4.78 is 5.91. The summed E-state index contributed by atoms with van der Waals surface area (Å²) in [6.45, 7) is 2.68. The summed E-state index contributed by atoms with van der Waals surface area (Å²) in [5.41, 5.74) is 1.77. The maximum Gasteiger partial charge on any atom is 0.261 e. The molecular weight excluding hydrogens is 408 g/mol. The SMILES string of the molecule is CCOc1cc(/C=C(/C#N)C(=O)NCCCc2ccccc2)c(Br)cc1O. The van der Waals surface area contributed by atoms with E-state index in [1.807, 2.05) is 36.4 Å². The van der Waals surface area contributed by atoms with E-state index >= 15 is 0 Å². The van der Waals surface area contributed by atoms with Crippen LogP contribution in [0.4, 0.5) is 0 Å². The number of amides is 1. The smallest absolute Gasteiger partial charge is 0.261 e. The van der Waals surface area contributed by atoms with Gasteiger partial charge in [0.15, 0.2) is 11.5 Å². The summed E-state index contributed by atoms with van der Waals surface area (Å²) in [4.78, 5) is 12.3. The molecule has 140 valence electrons. The van der Waals surface area contributed by atoms with E-state index in [0.29, 0.717) is 28.9 Å². The fourth-order valence-corrected chi connectivity index (χ4v) is 2.92. The molecule has 5 nitrogen and oxygen atoms in total. The van der Waals surface area contributed by atoms with E-state index in [9.17, 15) is 15.2 Å². The van der Waals surface area contributed by atoms with Crippen LogP contribution in [0, 0.1) is 11.3 Å². The normalized spacial score (nSPS) is 10.9. The molecule has 0 aliphatic rings. The number of nitriles is 1. The predicted molar refractivity (Wildman–Crippen MR) is 108 cm³/mol.